The Morgan fingerprint density at radius 1 is 1.58 bits per heavy atom. The predicted octanol–water partition coefficient (Wildman–Crippen LogP) is 2.46. The van der Waals surface area contributed by atoms with Crippen molar-refractivity contribution in [1.82, 2.24) is 0 Å². The molecule has 0 fully saturated rings. The van der Waals surface area contributed by atoms with Gasteiger partial charge in [0.1, 0.15) is 11.8 Å². The second-order valence-corrected chi connectivity index (χ2v) is 3.76. The molecule has 0 aromatic heterocycles. The van der Waals surface area contributed by atoms with Gasteiger partial charge in [-0.05, 0) is 34.7 Å². The lowest BCUT2D eigenvalue weighted by atomic mass is 10.2. The number of nitriles is 1. The Labute approximate surface area is 90.1 Å². The number of rotatable bonds is 1. The normalized spacial score (nSPS) is 9.17. The molecule has 0 radical (unpaired) electrons. The number of hydrogen-bond donors (Lipinski definition) is 1. The molecule has 1 rings (SSSR count). The zero-order valence-electron chi connectivity index (χ0n) is 6.34. The van der Waals surface area contributed by atoms with Crippen LogP contribution in [0.4, 0.5) is 0 Å². The number of nitrogens with zero attached hydrogens (tertiary/aromatic N) is 1. The van der Waals surface area contributed by atoms with E-state index in [1.54, 1.807) is 19.2 Å². The average Bonchev–Trinajstić information content (AvgIpc) is 2.09. The molecule has 0 N–H and O–H groups in total. The van der Waals surface area contributed by atoms with Crippen molar-refractivity contribution in [2.24, 2.45) is 0 Å². The summed E-state index contributed by atoms with van der Waals surface area (Å²) in [5, 5.41) is 8.70. The lowest BCUT2D eigenvalue weighted by Gasteiger charge is -2.04. The zero-order valence-corrected chi connectivity index (χ0v) is 9.39. The summed E-state index contributed by atoms with van der Waals surface area (Å²) in [6.45, 7) is 0. The first kappa shape index (κ1) is 9.68. The van der Waals surface area contributed by atoms with Gasteiger partial charge in [0.15, 0.2) is 0 Å². The summed E-state index contributed by atoms with van der Waals surface area (Å²) in [7, 11) is 1.55. The van der Waals surface area contributed by atoms with E-state index in [1.807, 2.05) is 6.07 Å². The molecule has 0 aliphatic heterocycles. The van der Waals surface area contributed by atoms with Gasteiger partial charge in [0.2, 0.25) is 0 Å². The summed E-state index contributed by atoms with van der Waals surface area (Å²) in [4.78, 5) is 0.799. The van der Waals surface area contributed by atoms with E-state index >= 15 is 0 Å². The highest BCUT2D eigenvalue weighted by atomic mass is 127. The molecule has 0 heterocycles. The van der Waals surface area contributed by atoms with Crippen molar-refractivity contribution in [3.8, 4) is 11.8 Å². The summed E-state index contributed by atoms with van der Waals surface area (Å²) < 4.78 is 5.99. The van der Waals surface area contributed by atoms with Crippen LogP contribution in [-0.2, 0) is 0 Å². The molecule has 62 valence electrons. The molecule has 0 aliphatic carbocycles. The van der Waals surface area contributed by atoms with E-state index in [-0.39, 0.29) is 0 Å². The third-order valence-corrected chi connectivity index (χ3v) is 3.08. The summed E-state index contributed by atoms with van der Waals surface area (Å²) in [5.74, 6) is 0.597. The van der Waals surface area contributed by atoms with Crippen molar-refractivity contribution in [3.05, 3.63) is 21.3 Å². The van der Waals surface area contributed by atoms with E-state index in [2.05, 4.69) is 35.2 Å². The SMILES string of the molecule is COc1cc(I)c(S)cc1C#N. The van der Waals surface area contributed by atoms with Crippen molar-refractivity contribution < 1.29 is 4.74 Å². The number of hydrogen-bond acceptors (Lipinski definition) is 3. The Morgan fingerprint density at radius 2 is 2.25 bits per heavy atom. The third kappa shape index (κ3) is 1.84. The Balaban J connectivity index is 3.31. The third-order valence-electron chi connectivity index (χ3n) is 1.39. The summed E-state index contributed by atoms with van der Waals surface area (Å²) in [6.07, 6.45) is 0. The van der Waals surface area contributed by atoms with Crippen LogP contribution in [0.1, 0.15) is 5.56 Å². The van der Waals surface area contributed by atoms with Gasteiger partial charge in [-0.2, -0.15) is 5.26 Å². The van der Waals surface area contributed by atoms with Crippen molar-refractivity contribution in [1.29, 1.82) is 5.26 Å². The average molecular weight is 291 g/mol. The van der Waals surface area contributed by atoms with Crippen LogP contribution in [-0.4, -0.2) is 7.11 Å². The van der Waals surface area contributed by atoms with Crippen LogP contribution < -0.4 is 4.74 Å². The second kappa shape index (κ2) is 4.01. The highest BCUT2D eigenvalue weighted by Gasteiger charge is 2.05. The molecule has 1 aromatic carbocycles. The molecular weight excluding hydrogens is 285 g/mol. The van der Waals surface area contributed by atoms with E-state index in [1.165, 1.54) is 0 Å². The lowest BCUT2D eigenvalue weighted by molar-refractivity contribution is 0.413. The van der Waals surface area contributed by atoms with Gasteiger partial charge in [-0.1, -0.05) is 0 Å². The molecule has 0 bridgehead atoms. The van der Waals surface area contributed by atoms with Crippen LogP contribution >= 0.6 is 35.2 Å². The Bertz CT molecular complexity index is 346. The van der Waals surface area contributed by atoms with Crippen molar-refractivity contribution in [2.75, 3.05) is 7.11 Å². The molecule has 0 aliphatic rings. The Kier molecular flexibility index (Phi) is 3.23. The van der Waals surface area contributed by atoms with Gasteiger partial charge in [-0.25, -0.2) is 0 Å². The van der Waals surface area contributed by atoms with Gasteiger partial charge >= 0.3 is 0 Å². The van der Waals surface area contributed by atoms with Crippen molar-refractivity contribution in [3.63, 3.8) is 0 Å². The molecule has 2 nitrogen and oxygen atoms in total. The first-order valence-electron chi connectivity index (χ1n) is 3.15. The number of ether oxygens (including phenoxy) is 1. The molecule has 1 aromatic rings. The predicted molar refractivity (Wildman–Crippen MR) is 57.7 cm³/mol. The summed E-state index contributed by atoms with van der Waals surface area (Å²) >= 11 is 6.33. The Hall–Kier alpha value is -0.410. The van der Waals surface area contributed by atoms with Gasteiger partial charge < -0.3 is 4.74 Å². The van der Waals surface area contributed by atoms with Crippen LogP contribution in [0.15, 0.2) is 17.0 Å². The fraction of sp³-hybridized carbons (Fsp3) is 0.125. The van der Waals surface area contributed by atoms with Crippen LogP contribution in [0.3, 0.4) is 0 Å². The minimum Gasteiger partial charge on any atom is -0.495 e. The van der Waals surface area contributed by atoms with Gasteiger partial charge in [0, 0.05) is 8.47 Å². The highest BCUT2D eigenvalue weighted by Crippen LogP contribution is 2.26. The number of methoxy groups -OCH3 is 1. The molecule has 0 amide bonds. The zero-order chi connectivity index (χ0) is 9.14. The van der Waals surface area contributed by atoms with Crippen LogP contribution in [0.25, 0.3) is 0 Å². The first-order valence-corrected chi connectivity index (χ1v) is 4.68. The minimum absolute atomic E-state index is 0.517. The van der Waals surface area contributed by atoms with Crippen LogP contribution in [0.2, 0.25) is 0 Å². The van der Waals surface area contributed by atoms with Crippen molar-refractivity contribution in [2.45, 2.75) is 4.90 Å². The van der Waals surface area contributed by atoms with Crippen LogP contribution in [0.5, 0.6) is 5.75 Å². The van der Waals surface area contributed by atoms with E-state index < -0.39 is 0 Å². The number of benzene rings is 1. The maximum atomic E-state index is 8.70. The van der Waals surface area contributed by atoms with E-state index in [0.717, 1.165) is 8.47 Å². The Morgan fingerprint density at radius 3 is 2.75 bits per heavy atom. The smallest absolute Gasteiger partial charge is 0.137 e. The maximum absolute atomic E-state index is 8.70. The molecule has 0 atom stereocenters. The molecular formula is C8H6INOS. The molecule has 12 heavy (non-hydrogen) atoms. The van der Waals surface area contributed by atoms with Gasteiger partial charge in [-0.15, -0.1) is 12.6 Å². The lowest BCUT2D eigenvalue weighted by Crippen LogP contribution is -1.89. The van der Waals surface area contributed by atoms with Gasteiger partial charge in [0.05, 0.1) is 12.7 Å². The van der Waals surface area contributed by atoms with Crippen LogP contribution in [0, 0.1) is 14.9 Å². The quantitative estimate of drug-likeness (QED) is 0.637. The molecule has 0 saturated carbocycles. The van der Waals surface area contributed by atoms with E-state index in [9.17, 15) is 0 Å². The highest BCUT2D eigenvalue weighted by molar-refractivity contribution is 14.1. The molecule has 0 saturated heterocycles. The topological polar surface area (TPSA) is 33.0 Å². The molecule has 4 heteroatoms. The monoisotopic (exact) mass is 291 g/mol. The minimum atomic E-state index is 0.517. The fourth-order valence-electron chi connectivity index (χ4n) is 0.800. The van der Waals surface area contributed by atoms with Gasteiger partial charge in [0.25, 0.3) is 0 Å². The summed E-state index contributed by atoms with van der Waals surface area (Å²) in [5.41, 5.74) is 0.517. The van der Waals surface area contributed by atoms with Crippen molar-refractivity contribution >= 4 is 35.2 Å². The van der Waals surface area contributed by atoms with E-state index in [0.29, 0.717) is 11.3 Å². The standard InChI is InChI=1S/C8H6INOS/c1-11-7-3-6(9)8(12)2-5(7)4-10/h2-3,12H,1H3. The maximum Gasteiger partial charge on any atom is 0.137 e. The van der Waals surface area contributed by atoms with E-state index in [4.69, 9.17) is 10.00 Å². The van der Waals surface area contributed by atoms with Gasteiger partial charge in [-0.3, -0.25) is 0 Å². The largest absolute Gasteiger partial charge is 0.495 e. The first-order chi connectivity index (χ1) is 5.69. The fourth-order valence-corrected chi connectivity index (χ4v) is 1.43. The number of thiol groups is 1. The number of halogens is 1. The molecule has 0 spiro atoms. The second-order valence-electron chi connectivity index (χ2n) is 2.12. The summed E-state index contributed by atoms with van der Waals surface area (Å²) in [6, 6.07) is 5.53. The molecule has 0 unspecified atom stereocenters.